The Morgan fingerprint density at radius 3 is 2.44 bits per heavy atom. The topological polar surface area (TPSA) is 29.5 Å². The van der Waals surface area contributed by atoms with E-state index < -0.39 is 0 Å². The van der Waals surface area contributed by atoms with Crippen LogP contribution in [-0.2, 0) is 4.74 Å². The highest BCUT2D eigenvalue weighted by Gasteiger charge is 1.91. The highest BCUT2D eigenvalue weighted by Crippen LogP contribution is 1.97. The van der Waals surface area contributed by atoms with Crippen LogP contribution in [0.25, 0.3) is 0 Å². The van der Waals surface area contributed by atoms with Crippen molar-refractivity contribution in [1.82, 2.24) is 0 Å². The first-order valence-electron chi connectivity index (χ1n) is 3.46. The monoisotopic (exact) mass is 132 g/mol. The van der Waals surface area contributed by atoms with Gasteiger partial charge in [-0.1, -0.05) is 13.8 Å². The Kier molecular flexibility index (Phi) is 5.99. The van der Waals surface area contributed by atoms with Gasteiger partial charge in [-0.05, 0) is 12.3 Å². The summed E-state index contributed by atoms with van der Waals surface area (Å²) >= 11 is 0. The quantitative estimate of drug-likeness (QED) is 0.566. The van der Waals surface area contributed by atoms with Crippen molar-refractivity contribution in [1.29, 1.82) is 0 Å². The predicted octanol–water partition coefficient (Wildman–Crippen LogP) is 1.04. The zero-order valence-corrected chi connectivity index (χ0v) is 6.26. The Balaban J connectivity index is 2.75. The molecule has 0 saturated heterocycles. The molecule has 0 aliphatic rings. The van der Waals surface area contributed by atoms with Crippen LogP contribution in [0.1, 0.15) is 20.3 Å². The van der Waals surface area contributed by atoms with Gasteiger partial charge in [0.05, 0.1) is 13.2 Å². The second-order valence-electron chi connectivity index (χ2n) is 2.52. The maximum atomic E-state index is 8.31. The van der Waals surface area contributed by atoms with E-state index in [2.05, 4.69) is 13.8 Å². The molecular weight excluding hydrogens is 116 g/mol. The minimum absolute atomic E-state index is 0.137. The molecule has 0 radical (unpaired) electrons. The third kappa shape index (κ3) is 7.92. The molecule has 0 fully saturated rings. The fraction of sp³-hybridized carbons (Fsp3) is 1.00. The van der Waals surface area contributed by atoms with E-state index in [1.807, 2.05) is 0 Å². The summed E-state index contributed by atoms with van der Waals surface area (Å²) in [6.45, 7) is 5.70. The predicted molar refractivity (Wildman–Crippen MR) is 37.4 cm³/mol. The van der Waals surface area contributed by atoms with Gasteiger partial charge in [-0.3, -0.25) is 0 Å². The zero-order chi connectivity index (χ0) is 7.11. The molecule has 0 aliphatic heterocycles. The van der Waals surface area contributed by atoms with E-state index in [0.29, 0.717) is 12.5 Å². The Hall–Kier alpha value is -0.0800. The summed E-state index contributed by atoms with van der Waals surface area (Å²) in [6.07, 6.45) is 1.08. The average Bonchev–Trinajstić information content (AvgIpc) is 1.80. The van der Waals surface area contributed by atoms with E-state index in [9.17, 15) is 0 Å². The lowest BCUT2D eigenvalue weighted by atomic mass is 10.1. The molecule has 0 aromatic rings. The SMILES string of the molecule is CC(C)CCOCCO. The average molecular weight is 132 g/mol. The lowest BCUT2D eigenvalue weighted by molar-refractivity contribution is 0.0853. The van der Waals surface area contributed by atoms with Gasteiger partial charge in [0.2, 0.25) is 0 Å². The first-order chi connectivity index (χ1) is 4.27. The van der Waals surface area contributed by atoms with E-state index >= 15 is 0 Å². The summed E-state index contributed by atoms with van der Waals surface area (Å²) in [5, 5.41) is 8.31. The van der Waals surface area contributed by atoms with Crippen LogP contribution < -0.4 is 0 Å². The number of hydrogen-bond acceptors (Lipinski definition) is 2. The van der Waals surface area contributed by atoms with Gasteiger partial charge in [-0.2, -0.15) is 0 Å². The van der Waals surface area contributed by atoms with Crippen molar-refractivity contribution in [3.63, 3.8) is 0 Å². The largest absolute Gasteiger partial charge is 0.394 e. The van der Waals surface area contributed by atoms with Crippen LogP contribution in [0.5, 0.6) is 0 Å². The van der Waals surface area contributed by atoms with Gasteiger partial charge < -0.3 is 9.84 Å². The lowest BCUT2D eigenvalue weighted by Crippen LogP contribution is -2.02. The highest BCUT2D eigenvalue weighted by molar-refractivity contribution is 4.41. The molecule has 0 unspecified atom stereocenters. The lowest BCUT2D eigenvalue weighted by Gasteiger charge is -2.03. The molecule has 0 saturated carbocycles. The fourth-order valence-electron chi connectivity index (χ4n) is 0.486. The second-order valence-corrected chi connectivity index (χ2v) is 2.52. The molecule has 1 N–H and O–H groups in total. The van der Waals surface area contributed by atoms with Crippen LogP contribution in [0.2, 0.25) is 0 Å². The standard InChI is InChI=1S/C7H16O2/c1-7(2)3-5-9-6-4-8/h7-8H,3-6H2,1-2H3. The molecule has 2 nitrogen and oxygen atoms in total. The summed E-state index contributed by atoms with van der Waals surface area (Å²) in [7, 11) is 0. The van der Waals surface area contributed by atoms with Crippen molar-refractivity contribution < 1.29 is 9.84 Å². The van der Waals surface area contributed by atoms with Crippen molar-refractivity contribution in [2.75, 3.05) is 19.8 Å². The van der Waals surface area contributed by atoms with Crippen LogP contribution in [0.4, 0.5) is 0 Å². The van der Waals surface area contributed by atoms with Gasteiger partial charge >= 0.3 is 0 Å². The van der Waals surface area contributed by atoms with Crippen LogP contribution in [0.3, 0.4) is 0 Å². The number of aliphatic hydroxyl groups excluding tert-OH is 1. The van der Waals surface area contributed by atoms with Gasteiger partial charge in [0.15, 0.2) is 0 Å². The molecule has 0 amide bonds. The molecule has 0 spiro atoms. The molecule has 0 rings (SSSR count). The van der Waals surface area contributed by atoms with E-state index in [0.717, 1.165) is 13.0 Å². The van der Waals surface area contributed by atoms with Crippen molar-refractivity contribution >= 4 is 0 Å². The maximum Gasteiger partial charge on any atom is 0.0697 e. The van der Waals surface area contributed by atoms with Crippen LogP contribution in [-0.4, -0.2) is 24.9 Å². The van der Waals surface area contributed by atoms with Gasteiger partial charge in [0.25, 0.3) is 0 Å². The smallest absolute Gasteiger partial charge is 0.0697 e. The second kappa shape index (κ2) is 6.05. The molecule has 9 heavy (non-hydrogen) atoms. The Morgan fingerprint density at radius 2 is 2.00 bits per heavy atom. The summed E-state index contributed by atoms with van der Waals surface area (Å²) < 4.78 is 5.04. The molecule has 2 heteroatoms. The van der Waals surface area contributed by atoms with Crippen molar-refractivity contribution in [3.8, 4) is 0 Å². The van der Waals surface area contributed by atoms with Gasteiger partial charge in [0, 0.05) is 6.61 Å². The van der Waals surface area contributed by atoms with Crippen molar-refractivity contribution in [2.24, 2.45) is 5.92 Å². The number of hydrogen-bond donors (Lipinski definition) is 1. The summed E-state index contributed by atoms with van der Waals surface area (Å²) in [5.41, 5.74) is 0. The van der Waals surface area contributed by atoms with Crippen LogP contribution in [0.15, 0.2) is 0 Å². The van der Waals surface area contributed by atoms with E-state index in [4.69, 9.17) is 9.84 Å². The third-order valence-corrected chi connectivity index (χ3v) is 1.08. The van der Waals surface area contributed by atoms with Crippen LogP contribution >= 0.6 is 0 Å². The van der Waals surface area contributed by atoms with Crippen molar-refractivity contribution in [3.05, 3.63) is 0 Å². The molecule has 0 heterocycles. The Morgan fingerprint density at radius 1 is 1.33 bits per heavy atom. The first kappa shape index (κ1) is 8.92. The van der Waals surface area contributed by atoms with Gasteiger partial charge in [0.1, 0.15) is 0 Å². The third-order valence-electron chi connectivity index (χ3n) is 1.08. The molecule has 0 aliphatic carbocycles. The van der Waals surface area contributed by atoms with Crippen LogP contribution in [0, 0.1) is 5.92 Å². The molecule has 0 atom stereocenters. The minimum atomic E-state index is 0.137. The summed E-state index contributed by atoms with van der Waals surface area (Å²) in [4.78, 5) is 0. The zero-order valence-electron chi connectivity index (χ0n) is 6.26. The summed E-state index contributed by atoms with van der Waals surface area (Å²) in [6, 6.07) is 0. The maximum absolute atomic E-state index is 8.31. The minimum Gasteiger partial charge on any atom is -0.394 e. The number of rotatable bonds is 5. The van der Waals surface area contributed by atoms with E-state index in [-0.39, 0.29) is 6.61 Å². The molecule has 0 bridgehead atoms. The van der Waals surface area contributed by atoms with Gasteiger partial charge in [-0.25, -0.2) is 0 Å². The highest BCUT2D eigenvalue weighted by atomic mass is 16.5. The Bertz CT molecular complexity index is 52.9. The Labute approximate surface area is 56.8 Å². The number of aliphatic hydroxyl groups is 1. The van der Waals surface area contributed by atoms with E-state index in [1.54, 1.807) is 0 Å². The molecule has 0 aromatic carbocycles. The van der Waals surface area contributed by atoms with Crippen molar-refractivity contribution in [2.45, 2.75) is 20.3 Å². The van der Waals surface area contributed by atoms with Gasteiger partial charge in [-0.15, -0.1) is 0 Å². The fourth-order valence-corrected chi connectivity index (χ4v) is 0.486. The molecule has 56 valence electrons. The molecule has 0 aromatic heterocycles. The number of ether oxygens (including phenoxy) is 1. The molecular formula is C7H16O2. The normalized spacial score (nSPS) is 10.7. The first-order valence-corrected chi connectivity index (χ1v) is 3.46. The van der Waals surface area contributed by atoms with E-state index in [1.165, 1.54) is 0 Å². The summed E-state index contributed by atoms with van der Waals surface area (Å²) in [5.74, 6) is 0.698.